The number of hydrogen-bond acceptors (Lipinski definition) is 27. The van der Waals surface area contributed by atoms with Crippen LogP contribution in [0.1, 0.15) is 67.8 Å². The summed E-state index contributed by atoms with van der Waals surface area (Å²) in [5, 5.41) is 28.6. The van der Waals surface area contributed by atoms with Crippen molar-refractivity contribution in [1.82, 2.24) is 44.8 Å². The molecule has 103 heavy (non-hydrogen) atoms. The summed E-state index contributed by atoms with van der Waals surface area (Å²) in [6.07, 6.45) is 1.12. The minimum atomic E-state index is -4.61. The number of carboxylic acids is 1. The average Bonchev–Trinajstić information content (AvgIpc) is 0.811. The first-order valence-corrected chi connectivity index (χ1v) is 36.7. The first-order chi connectivity index (χ1) is 48.0. The number of esters is 2. The van der Waals surface area contributed by atoms with E-state index in [0.29, 0.717) is 41.2 Å². The summed E-state index contributed by atoms with van der Waals surface area (Å²) in [5.41, 5.74) is -1.64. The van der Waals surface area contributed by atoms with E-state index < -0.39 is 104 Å². The van der Waals surface area contributed by atoms with Gasteiger partial charge in [0.1, 0.15) is 37.0 Å². The molecule has 1 aliphatic heterocycles. The van der Waals surface area contributed by atoms with Crippen molar-refractivity contribution in [2.24, 2.45) is 0 Å². The number of sulfonamides is 1. The zero-order chi connectivity index (χ0) is 78.3. The van der Waals surface area contributed by atoms with Gasteiger partial charge in [-0.1, -0.05) is 46.9 Å². The van der Waals surface area contributed by atoms with Crippen molar-refractivity contribution in [1.29, 1.82) is 0 Å². The number of nitro benzene ring substituents is 1. The number of aliphatic carboxylic acids is 1. The molecule has 7 rings (SSSR count). The fourth-order valence-corrected chi connectivity index (χ4v) is 9.27. The number of benzene rings is 3. The van der Waals surface area contributed by atoms with Crippen molar-refractivity contribution in [3.05, 3.63) is 122 Å². The number of urea groups is 1. The van der Waals surface area contributed by atoms with Crippen LogP contribution in [0.2, 0.25) is 10.3 Å². The summed E-state index contributed by atoms with van der Waals surface area (Å²) in [5.74, 6) is -2.83. The zero-order valence-corrected chi connectivity index (χ0v) is 62.7. The maximum atomic E-state index is 12.8. The molecule has 1 aliphatic rings. The highest BCUT2D eigenvalue weighted by Crippen LogP contribution is 2.38. The Hall–Kier alpha value is -8.92. The summed E-state index contributed by atoms with van der Waals surface area (Å²) in [7, 11) is -2.56. The lowest BCUT2D eigenvalue weighted by Crippen LogP contribution is -2.47. The SMILES string of the molecule is CC1COc2ccccc2N1C(=O)C(Cl)Cl.CCNc1nc(Cl)nc(NC(C)C)n1.CCOC(=O)C(C)OC(=O)c1cc(Oc2ccc(C(F)(F)F)cc2Cl)ccc1[N+](=O)[O-].COc1cc(OC)nc(NC(=O)NS(=O)(=O)c2ncccc2C(=O)N(C)C)n1.C[S+](C)C.O=C(O)CNCP(=O)([O-])O. The molecule has 7 N–H and O–H groups in total. The minimum absolute atomic E-state index is 0.0398. The molecule has 6 aromatic rings. The summed E-state index contributed by atoms with van der Waals surface area (Å²) >= 11 is 22.8. The van der Waals surface area contributed by atoms with Gasteiger partial charge in [0.25, 0.3) is 27.5 Å². The van der Waals surface area contributed by atoms with E-state index >= 15 is 0 Å². The third-order valence-electron chi connectivity index (χ3n) is 11.4. The number of carboxylic acid groups (broad SMARTS) is 1. The van der Waals surface area contributed by atoms with Gasteiger partial charge >= 0.3 is 30.1 Å². The van der Waals surface area contributed by atoms with Gasteiger partial charge in [0.15, 0.2) is 16.0 Å². The first kappa shape index (κ1) is 90.2. The number of halogens is 7. The molecule has 34 nitrogen and oxygen atoms in total. The maximum Gasteiger partial charge on any atom is 0.416 e. The van der Waals surface area contributed by atoms with Crippen molar-refractivity contribution < 1.29 is 103 Å². The van der Waals surface area contributed by atoms with Crippen molar-refractivity contribution in [2.75, 3.05) is 101 Å². The van der Waals surface area contributed by atoms with Crippen LogP contribution in [0.5, 0.6) is 29.0 Å². The predicted molar refractivity (Wildman–Crippen MR) is 375 cm³/mol. The van der Waals surface area contributed by atoms with E-state index in [1.807, 2.05) is 57.3 Å². The lowest BCUT2D eigenvalue weighted by molar-refractivity contribution is -0.385. The molecular weight excluding hydrogens is 1520 g/mol. The van der Waals surface area contributed by atoms with E-state index in [1.165, 1.54) is 64.5 Å². The number of alkyl halides is 5. The molecule has 3 atom stereocenters. The van der Waals surface area contributed by atoms with E-state index in [0.717, 1.165) is 42.6 Å². The maximum absolute atomic E-state index is 12.8. The number of anilines is 4. The number of ether oxygens (including phenoxy) is 6. The Morgan fingerprint density at radius 1 is 0.883 bits per heavy atom. The normalized spacial score (nSPS) is 12.9. The quantitative estimate of drug-likeness (QED) is 0.00838. The number of carbonyl (C=O) groups excluding carboxylic acids is 5. The van der Waals surface area contributed by atoms with E-state index in [1.54, 1.807) is 16.5 Å². The second-order valence-electron chi connectivity index (χ2n) is 20.9. The topological polar surface area (TPSA) is 460 Å². The van der Waals surface area contributed by atoms with Gasteiger partial charge in [-0.2, -0.15) is 46.5 Å². The molecule has 0 aliphatic carbocycles. The summed E-state index contributed by atoms with van der Waals surface area (Å²) < 4.78 is 105. The molecule has 44 heteroatoms. The van der Waals surface area contributed by atoms with Crippen LogP contribution in [0, 0.1) is 10.1 Å². The average molecular weight is 1590 g/mol. The minimum Gasteiger partial charge on any atom is -0.778 e. The Labute approximate surface area is 612 Å². The third-order valence-corrected chi connectivity index (χ3v) is 14.2. The van der Waals surface area contributed by atoms with Crippen LogP contribution in [-0.2, 0) is 55.5 Å². The zero-order valence-electron chi connectivity index (χ0n) is 57.1. The number of aromatic nitrogens is 6. The number of nitro groups is 1. The van der Waals surface area contributed by atoms with Crippen LogP contribution in [-0.4, -0.2) is 197 Å². The highest BCUT2D eigenvalue weighted by Gasteiger charge is 2.34. The van der Waals surface area contributed by atoms with E-state index in [2.05, 4.69) is 64.6 Å². The standard InChI is InChI=1S/C19H15ClF3NO7.C15H18N6O6S.C11H11Cl2NO2.C8H14ClN5.C3H8NO5P.C3H9S/c1-3-29-17(25)10(2)30-18(26)13-9-12(5-6-15(13)24(27)28)31-16-7-4-11(8-14(16)20)19(21,22)23;1-21(2)13(22)9-6-5-7-16-12(9)28(24,25)20-15(23)19-14-17-10(26-3)8-11(18-14)27-4;1-7-6-16-9-5-3-2-4-8(9)14(7)11(15)10(12)13;1-4-10-7-12-6(9)13-8(14-7)11-5(2)3;5-3(6)1-4-2-10(7,8)9;1-4(2)3/h4-10H,3H2,1-2H3;5-8H,1-4H3,(H2,17,18,19,20,23);2-5,7,10H,6H2,1H3;5H,4H2,1-3H3,(H2,10,11,12,13,14);4H,1-2H2,(H,5,6)(H2,7,8,9);1-3H3/q;;;;;+1/p-1. The second-order valence-corrected chi connectivity index (χ2v) is 28.4. The van der Waals surface area contributed by atoms with Gasteiger partial charge in [-0.3, -0.25) is 35.1 Å². The number of para-hydroxylation sites is 2. The molecule has 0 saturated carbocycles. The number of rotatable bonds is 22. The highest BCUT2D eigenvalue weighted by molar-refractivity contribution is 7.94. The number of fused-ring (bicyclic) bond motifs is 1. The second kappa shape index (κ2) is 43.3. The van der Waals surface area contributed by atoms with Crippen LogP contribution in [0.15, 0.2) is 90.1 Å². The Bertz CT molecular complexity index is 4000. The van der Waals surface area contributed by atoms with Gasteiger partial charge in [0, 0.05) is 45.0 Å². The monoisotopic (exact) mass is 1590 g/mol. The molecule has 0 saturated heterocycles. The Morgan fingerprint density at radius 2 is 1.50 bits per heavy atom. The highest BCUT2D eigenvalue weighted by atomic mass is 35.5. The van der Waals surface area contributed by atoms with Crippen molar-refractivity contribution in [3.8, 4) is 29.0 Å². The van der Waals surface area contributed by atoms with Crippen LogP contribution in [0.3, 0.4) is 0 Å². The molecule has 3 aromatic carbocycles. The largest absolute Gasteiger partial charge is 0.778 e. The van der Waals surface area contributed by atoms with Gasteiger partial charge in [0.05, 0.1) is 91.3 Å². The molecular formula is C59H74Cl4F3N14O20PS2. The van der Waals surface area contributed by atoms with Crippen LogP contribution in [0.25, 0.3) is 0 Å². The molecule has 0 radical (unpaired) electrons. The molecule has 3 unspecified atom stereocenters. The molecule has 0 spiro atoms. The summed E-state index contributed by atoms with van der Waals surface area (Å²) in [4.78, 5) is 123. The predicted octanol–water partition coefficient (Wildman–Crippen LogP) is 8.31. The number of carbonyl (C=O) groups is 6. The van der Waals surface area contributed by atoms with Crippen molar-refractivity contribution in [2.45, 2.75) is 75.8 Å². The Kier molecular flexibility index (Phi) is 37.9. The summed E-state index contributed by atoms with van der Waals surface area (Å²) in [6.45, 7) is 11.4. The van der Waals surface area contributed by atoms with Crippen molar-refractivity contribution >= 4 is 140 Å². The number of nitrogens with zero attached hydrogens (tertiary/aromatic N) is 9. The molecule has 4 heterocycles. The van der Waals surface area contributed by atoms with Crippen LogP contribution >= 0.6 is 54.0 Å². The van der Waals surface area contributed by atoms with Crippen molar-refractivity contribution in [3.63, 3.8) is 0 Å². The first-order valence-electron chi connectivity index (χ1n) is 29.4. The summed E-state index contributed by atoms with van der Waals surface area (Å²) in [6, 6.07) is 15.8. The number of hydrogen-bond donors (Lipinski definition) is 7. The number of nitrogens with one attached hydrogen (secondary N) is 5. The number of methoxy groups -OCH3 is 2. The van der Waals surface area contributed by atoms with E-state index in [9.17, 15) is 69.9 Å². The molecule has 4 amide bonds. The number of amides is 4. The Balaban J connectivity index is 0.000000454. The fraction of sp³-hybridized carbons (Fsp3) is 0.390. The molecule has 0 bridgehead atoms. The van der Waals surface area contributed by atoms with E-state index in [-0.39, 0.29) is 69.7 Å². The van der Waals surface area contributed by atoms with Crippen LogP contribution in [0.4, 0.5) is 47.2 Å². The lowest BCUT2D eigenvalue weighted by atomic mass is 10.1. The number of pyridine rings is 1. The smallest absolute Gasteiger partial charge is 0.416 e. The lowest BCUT2D eigenvalue weighted by Gasteiger charge is -2.35. The Morgan fingerprint density at radius 3 is 2.02 bits per heavy atom. The van der Waals surface area contributed by atoms with Gasteiger partial charge in [0.2, 0.25) is 34.9 Å². The van der Waals surface area contributed by atoms with Crippen LogP contribution < -0.4 is 54.7 Å². The molecule has 3 aromatic heterocycles. The van der Waals surface area contributed by atoms with Gasteiger partial charge in [-0.15, -0.1) is 0 Å². The van der Waals surface area contributed by atoms with E-state index in [4.69, 9.17) is 84.8 Å². The third kappa shape index (κ3) is 32.5. The van der Waals surface area contributed by atoms with Gasteiger partial charge in [-0.25, -0.2) is 24.1 Å². The van der Waals surface area contributed by atoms with Gasteiger partial charge in [-0.05, 0) is 113 Å². The fourth-order valence-electron chi connectivity index (χ4n) is 7.25. The molecule has 0 fully saturated rings. The molecule has 566 valence electrons. The van der Waals surface area contributed by atoms with Gasteiger partial charge < -0.3 is 68.3 Å².